The summed E-state index contributed by atoms with van der Waals surface area (Å²) in [5.74, 6) is 0.121. The summed E-state index contributed by atoms with van der Waals surface area (Å²) in [5, 5.41) is 12.0. The van der Waals surface area contributed by atoms with Gasteiger partial charge in [0.05, 0.1) is 6.07 Å². The van der Waals surface area contributed by atoms with Crippen LogP contribution in [0.4, 0.5) is 0 Å². The van der Waals surface area contributed by atoms with Crippen LogP contribution in [0.3, 0.4) is 0 Å². The SMILES string of the molecule is N#CC1CCC(N=[N+]=[N-])C1. The fraction of sp³-hybridized carbons (Fsp3) is 0.833. The Hall–Kier alpha value is -1.20. The molecule has 0 spiro atoms. The summed E-state index contributed by atoms with van der Waals surface area (Å²) in [6.07, 6.45) is 2.52. The zero-order valence-electron chi connectivity index (χ0n) is 5.56. The van der Waals surface area contributed by atoms with Crippen molar-refractivity contribution >= 4 is 0 Å². The van der Waals surface area contributed by atoms with Gasteiger partial charge in [-0.05, 0) is 24.8 Å². The van der Waals surface area contributed by atoms with Gasteiger partial charge in [-0.1, -0.05) is 5.11 Å². The van der Waals surface area contributed by atoms with E-state index >= 15 is 0 Å². The van der Waals surface area contributed by atoms with Crippen molar-refractivity contribution < 1.29 is 0 Å². The fourth-order valence-electron chi connectivity index (χ4n) is 1.25. The third-order valence-corrected chi connectivity index (χ3v) is 1.80. The molecule has 10 heavy (non-hydrogen) atoms. The van der Waals surface area contributed by atoms with Crippen LogP contribution in [0.25, 0.3) is 10.4 Å². The number of azide groups is 1. The maximum absolute atomic E-state index is 8.47. The average molecular weight is 136 g/mol. The third kappa shape index (κ3) is 1.40. The molecule has 0 saturated heterocycles. The van der Waals surface area contributed by atoms with Crippen molar-refractivity contribution in [3.05, 3.63) is 10.4 Å². The van der Waals surface area contributed by atoms with Gasteiger partial charge in [0.1, 0.15) is 0 Å². The molecule has 4 nitrogen and oxygen atoms in total. The van der Waals surface area contributed by atoms with Crippen LogP contribution in [0.5, 0.6) is 0 Å². The Kier molecular flexibility index (Phi) is 2.14. The summed E-state index contributed by atoms with van der Waals surface area (Å²) >= 11 is 0. The molecule has 1 fully saturated rings. The zero-order chi connectivity index (χ0) is 7.40. The van der Waals surface area contributed by atoms with Gasteiger partial charge in [0.15, 0.2) is 0 Å². The molecule has 0 N–H and O–H groups in total. The minimum Gasteiger partial charge on any atom is -0.198 e. The first kappa shape index (κ1) is 6.91. The van der Waals surface area contributed by atoms with Crippen LogP contribution < -0.4 is 0 Å². The number of rotatable bonds is 1. The van der Waals surface area contributed by atoms with Gasteiger partial charge in [-0.2, -0.15) is 5.26 Å². The number of hydrogen-bond acceptors (Lipinski definition) is 2. The molecule has 0 aromatic rings. The Labute approximate surface area is 59.1 Å². The van der Waals surface area contributed by atoms with Gasteiger partial charge in [-0.15, -0.1) is 0 Å². The van der Waals surface area contributed by atoms with Crippen molar-refractivity contribution in [2.24, 2.45) is 11.0 Å². The lowest BCUT2D eigenvalue weighted by Crippen LogP contribution is -1.95. The van der Waals surface area contributed by atoms with Crippen molar-refractivity contribution in [2.75, 3.05) is 0 Å². The van der Waals surface area contributed by atoms with Crippen LogP contribution in [0.2, 0.25) is 0 Å². The Morgan fingerprint density at radius 2 is 2.40 bits per heavy atom. The molecule has 2 unspecified atom stereocenters. The zero-order valence-corrected chi connectivity index (χ0v) is 5.56. The molecule has 0 aromatic heterocycles. The molecule has 0 aromatic carbocycles. The van der Waals surface area contributed by atoms with Gasteiger partial charge in [0.2, 0.25) is 0 Å². The maximum atomic E-state index is 8.47. The minimum atomic E-state index is 0.0784. The Balaban J connectivity index is 2.44. The second-order valence-corrected chi connectivity index (χ2v) is 2.50. The first-order valence-corrected chi connectivity index (χ1v) is 3.30. The number of nitrogens with zero attached hydrogens (tertiary/aromatic N) is 4. The van der Waals surface area contributed by atoms with Crippen molar-refractivity contribution in [2.45, 2.75) is 25.3 Å². The molecule has 1 aliphatic rings. The van der Waals surface area contributed by atoms with E-state index < -0.39 is 0 Å². The molecule has 0 radical (unpaired) electrons. The monoisotopic (exact) mass is 136 g/mol. The van der Waals surface area contributed by atoms with E-state index in [1.807, 2.05) is 0 Å². The van der Waals surface area contributed by atoms with E-state index in [4.69, 9.17) is 10.8 Å². The van der Waals surface area contributed by atoms with E-state index in [1.165, 1.54) is 0 Å². The quantitative estimate of drug-likeness (QED) is 0.308. The molecule has 52 valence electrons. The first-order valence-electron chi connectivity index (χ1n) is 3.30. The van der Waals surface area contributed by atoms with Crippen molar-refractivity contribution in [3.8, 4) is 6.07 Å². The lowest BCUT2D eigenvalue weighted by Gasteiger charge is -1.95. The molecule has 0 bridgehead atoms. The average Bonchev–Trinajstić information content (AvgIpc) is 2.37. The van der Waals surface area contributed by atoms with E-state index in [2.05, 4.69) is 16.1 Å². The normalized spacial score (nSPS) is 30.7. The molecule has 0 aliphatic heterocycles. The van der Waals surface area contributed by atoms with E-state index in [0.29, 0.717) is 0 Å². The molecule has 0 amide bonds. The lowest BCUT2D eigenvalue weighted by atomic mass is 10.1. The van der Waals surface area contributed by atoms with Crippen LogP contribution >= 0.6 is 0 Å². The summed E-state index contributed by atoms with van der Waals surface area (Å²) in [5.41, 5.74) is 8.06. The molecule has 1 aliphatic carbocycles. The second-order valence-electron chi connectivity index (χ2n) is 2.50. The van der Waals surface area contributed by atoms with Crippen molar-refractivity contribution in [1.29, 1.82) is 5.26 Å². The lowest BCUT2D eigenvalue weighted by molar-refractivity contribution is 0.658. The minimum absolute atomic E-state index is 0.0784. The Bertz CT molecular complexity index is 198. The van der Waals surface area contributed by atoms with Gasteiger partial charge in [-0.3, -0.25) is 0 Å². The van der Waals surface area contributed by atoms with Crippen LogP contribution in [-0.2, 0) is 0 Å². The predicted molar refractivity (Wildman–Crippen MR) is 35.9 cm³/mol. The molecule has 0 heterocycles. The molecule has 4 heteroatoms. The maximum Gasteiger partial charge on any atom is 0.0655 e. The summed E-state index contributed by atoms with van der Waals surface area (Å²) < 4.78 is 0. The number of nitriles is 1. The van der Waals surface area contributed by atoms with E-state index in [9.17, 15) is 0 Å². The van der Waals surface area contributed by atoms with Gasteiger partial charge < -0.3 is 0 Å². The van der Waals surface area contributed by atoms with Crippen molar-refractivity contribution in [3.63, 3.8) is 0 Å². The van der Waals surface area contributed by atoms with E-state index in [1.54, 1.807) is 0 Å². The molecule has 2 atom stereocenters. The van der Waals surface area contributed by atoms with Crippen LogP contribution in [0, 0.1) is 17.2 Å². The van der Waals surface area contributed by atoms with Gasteiger partial charge in [-0.25, -0.2) is 0 Å². The van der Waals surface area contributed by atoms with Crippen LogP contribution in [0.15, 0.2) is 5.11 Å². The third-order valence-electron chi connectivity index (χ3n) is 1.80. The highest BCUT2D eigenvalue weighted by molar-refractivity contribution is 4.92. The predicted octanol–water partition coefficient (Wildman–Crippen LogP) is 1.99. The Morgan fingerprint density at radius 3 is 2.90 bits per heavy atom. The summed E-state index contributed by atoms with van der Waals surface area (Å²) in [6, 6.07) is 2.25. The van der Waals surface area contributed by atoms with Gasteiger partial charge in [0, 0.05) is 16.9 Å². The topological polar surface area (TPSA) is 72.5 Å². The van der Waals surface area contributed by atoms with Gasteiger partial charge in [0.25, 0.3) is 0 Å². The Morgan fingerprint density at radius 1 is 1.60 bits per heavy atom. The van der Waals surface area contributed by atoms with Crippen LogP contribution in [0.1, 0.15) is 19.3 Å². The van der Waals surface area contributed by atoms with Crippen molar-refractivity contribution in [1.82, 2.24) is 0 Å². The molecular formula is C6H8N4. The number of hydrogen-bond donors (Lipinski definition) is 0. The highest BCUT2D eigenvalue weighted by atomic mass is 15.1. The molecule has 1 saturated carbocycles. The summed E-state index contributed by atoms with van der Waals surface area (Å²) in [7, 11) is 0. The molecular weight excluding hydrogens is 128 g/mol. The largest absolute Gasteiger partial charge is 0.198 e. The summed E-state index contributed by atoms with van der Waals surface area (Å²) in [4.78, 5) is 2.70. The highest BCUT2D eigenvalue weighted by Crippen LogP contribution is 2.26. The standard InChI is InChI=1S/C6H8N4/c7-4-5-1-2-6(3-5)9-10-8/h5-6H,1-3H2. The fourth-order valence-corrected chi connectivity index (χ4v) is 1.25. The van der Waals surface area contributed by atoms with Gasteiger partial charge >= 0.3 is 0 Å². The first-order chi connectivity index (χ1) is 4.86. The summed E-state index contributed by atoms with van der Waals surface area (Å²) in [6.45, 7) is 0. The highest BCUT2D eigenvalue weighted by Gasteiger charge is 2.22. The van der Waals surface area contributed by atoms with E-state index in [-0.39, 0.29) is 12.0 Å². The van der Waals surface area contributed by atoms with E-state index in [0.717, 1.165) is 19.3 Å². The van der Waals surface area contributed by atoms with Crippen LogP contribution in [-0.4, -0.2) is 6.04 Å². The molecule has 1 rings (SSSR count). The smallest absolute Gasteiger partial charge is 0.0655 e. The second kappa shape index (κ2) is 3.09.